The van der Waals surface area contributed by atoms with Gasteiger partial charge in [0.05, 0.1) is 5.54 Å². The van der Waals surface area contributed by atoms with Gasteiger partial charge in [0.2, 0.25) is 5.91 Å². The van der Waals surface area contributed by atoms with Crippen molar-refractivity contribution in [3.05, 3.63) is 29.8 Å². The Hall–Kier alpha value is -0.560. The number of carbonyl (C=O) groups is 1. The van der Waals surface area contributed by atoms with E-state index >= 15 is 0 Å². The molecule has 0 aromatic heterocycles. The number of amides is 1. The zero-order valence-electron chi connectivity index (χ0n) is 15.2. The lowest BCUT2D eigenvalue weighted by atomic mass is 10.1. The summed E-state index contributed by atoms with van der Waals surface area (Å²) < 4.78 is 0. The summed E-state index contributed by atoms with van der Waals surface area (Å²) in [5.74, 6) is -0.170. The quantitative estimate of drug-likeness (QED) is 0.779. The average molecular weight is 414 g/mol. The first-order valence-corrected chi connectivity index (χ1v) is 8.02. The molecule has 1 aromatic rings. The largest absolute Gasteiger partial charge is 0.325 e. The van der Waals surface area contributed by atoms with Gasteiger partial charge in [0.25, 0.3) is 0 Å². The lowest BCUT2D eigenvalue weighted by Crippen LogP contribution is -2.45. The molecule has 1 aliphatic rings. The highest BCUT2D eigenvalue weighted by Crippen LogP contribution is 2.14. The topological polar surface area (TPSA) is 61.6 Å². The highest BCUT2D eigenvalue weighted by molar-refractivity contribution is 5.97. The minimum Gasteiger partial charge on any atom is -0.325 e. The van der Waals surface area contributed by atoms with E-state index in [1.165, 1.54) is 5.56 Å². The van der Waals surface area contributed by atoms with Crippen LogP contribution in [-0.4, -0.2) is 54.0 Å². The van der Waals surface area contributed by atoms with Gasteiger partial charge in [-0.1, -0.05) is 19.1 Å². The van der Waals surface area contributed by atoms with E-state index in [9.17, 15) is 4.79 Å². The van der Waals surface area contributed by atoms with Crippen molar-refractivity contribution in [1.82, 2.24) is 9.80 Å². The number of nitrogens with two attached hydrogens (primary N) is 1. The van der Waals surface area contributed by atoms with Crippen LogP contribution in [0.25, 0.3) is 0 Å². The number of nitrogens with one attached hydrogen (secondary N) is 1. The van der Waals surface area contributed by atoms with Gasteiger partial charge in [0.15, 0.2) is 0 Å². The third-order valence-corrected chi connectivity index (χ3v) is 4.12. The molecular formula is C17H31Cl3N4O. The molecule has 1 aliphatic heterocycles. The molecule has 3 N–H and O–H groups in total. The van der Waals surface area contributed by atoms with Crippen molar-refractivity contribution in [3.63, 3.8) is 0 Å². The zero-order valence-corrected chi connectivity index (χ0v) is 17.6. The van der Waals surface area contributed by atoms with E-state index in [0.717, 1.165) is 45.0 Å². The summed E-state index contributed by atoms with van der Waals surface area (Å²) in [6, 6.07) is 8.04. The van der Waals surface area contributed by atoms with Crippen molar-refractivity contribution in [2.75, 3.05) is 38.0 Å². The van der Waals surface area contributed by atoms with E-state index < -0.39 is 5.54 Å². The Bertz CT molecular complexity index is 498. The number of carbonyl (C=O) groups excluding carboxylic acids is 1. The summed E-state index contributed by atoms with van der Waals surface area (Å²) in [5.41, 5.74) is 6.98. The van der Waals surface area contributed by atoms with Gasteiger partial charge in [0.1, 0.15) is 0 Å². The van der Waals surface area contributed by atoms with Crippen LogP contribution in [0, 0.1) is 0 Å². The van der Waals surface area contributed by atoms with Crippen molar-refractivity contribution < 1.29 is 4.79 Å². The molecule has 0 unspecified atom stereocenters. The van der Waals surface area contributed by atoms with E-state index in [1.54, 1.807) is 13.8 Å². The Balaban J connectivity index is 0. The molecule has 1 fully saturated rings. The fourth-order valence-electron chi connectivity index (χ4n) is 2.51. The lowest BCUT2D eigenvalue weighted by molar-refractivity contribution is -0.120. The van der Waals surface area contributed by atoms with Crippen molar-refractivity contribution in [2.45, 2.75) is 32.9 Å². The molecule has 0 radical (unpaired) electrons. The summed E-state index contributed by atoms with van der Waals surface area (Å²) in [4.78, 5) is 16.8. The molecule has 1 saturated heterocycles. The Morgan fingerprint density at radius 3 is 1.96 bits per heavy atom. The van der Waals surface area contributed by atoms with Crippen LogP contribution >= 0.6 is 37.2 Å². The normalized spacial score (nSPS) is 15.4. The van der Waals surface area contributed by atoms with Crippen LogP contribution in [0.2, 0.25) is 0 Å². The third-order valence-electron chi connectivity index (χ3n) is 4.12. The van der Waals surface area contributed by atoms with E-state index in [2.05, 4.69) is 34.2 Å². The lowest BCUT2D eigenvalue weighted by Gasteiger charge is -2.34. The number of hydrogen-bond acceptors (Lipinski definition) is 4. The standard InChI is InChI=1S/C17H28N4O.3ClH/c1-4-20-9-11-21(12-10-20)13-14-5-7-15(8-6-14)19-16(22)17(2,3)18;;;/h5-8H,4,9-13,18H2,1-3H3,(H,19,22);3*1H. The molecule has 2 rings (SSSR count). The van der Waals surface area contributed by atoms with Gasteiger partial charge in [-0.05, 0) is 38.1 Å². The van der Waals surface area contributed by atoms with Gasteiger partial charge in [-0.25, -0.2) is 0 Å². The summed E-state index contributed by atoms with van der Waals surface area (Å²) in [5, 5.41) is 2.84. The highest BCUT2D eigenvalue weighted by Gasteiger charge is 2.21. The molecule has 0 atom stereocenters. The first-order chi connectivity index (χ1) is 10.4. The first kappa shape index (κ1) is 26.7. The molecule has 8 heteroatoms. The molecule has 0 bridgehead atoms. The molecule has 0 saturated carbocycles. The van der Waals surface area contributed by atoms with E-state index in [4.69, 9.17) is 5.73 Å². The smallest absolute Gasteiger partial charge is 0.243 e. The van der Waals surface area contributed by atoms with Crippen molar-refractivity contribution in [3.8, 4) is 0 Å². The predicted molar refractivity (Wildman–Crippen MR) is 112 cm³/mol. The fraction of sp³-hybridized carbons (Fsp3) is 0.588. The SMILES string of the molecule is CCN1CCN(Cc2ccc(NC(=O)C(C)(C)N)cc2)CC1.Cl.Cl.Cl. The number of halogens is 3. The maximum atomic E-state index is 11.8. The van der Waals surface area contributed by atoms with Crippen LogP contribution in [0.1, 0.15) is 26.3 Å². The predicted octanol–water partition coefficient (Wildman–Crippen LogP) is 2.77. The number of hydrogen-bond donors (Lipinski definition) is 2. The molecule has 1 heterocycles. The van der Waals surface area contributed by atoms with E-state index in [0.29, 0.717) is 0 Å². The second kappa shape index (κ2) is 11.9. The van der Waals surface area contributed by atoms with Crippen LogP contribution in [-0.2, 0) is 11.3 Å². The number of piperazine rings is 1. The minimum atomic E-state index is -0.863. The van der Waals surface area contributed by atoms with Gasteiger partial charge < -0.3 is 16.0 Å². The summed E-state index contributed by atoms with van der Waals surface area (Å²) in [6.07, 6.45) is 0. The second-order valence-electron chi connectivity index (χ2n) is 6.58. The number of likely N-dealkylation sites (N-methyl/N-ethyl adjacent to an activating group) is 1. The Morgan fingerprint density at radius 2 is 1.52 bits per heavy atom. The van der Waals surface area contributed by atoms with Crippen LogP contribution in [0.4, 0.5) is 5.69 Å². The summed E-state index contributed by atoms with van der Waals surface area (Å²) in [6.45, 7) is 12.3. The fourth-order valence-corrected chi connectivity index (χ4v) is 2.51. The maximum Gasteiger partial charge on any atom is 0.243 e. The molecule has 1 amide bonds. The molecule has 146 valence electrons. The molecule has 5 nitrogen and oxygen atoms in total. The van der Waals surface area contributed by atoms with Gasteiger partial charge in [-0.15, -0.1) is 37.2 Å². The van der Waals surface area contributed by atoms with Crippen LogP contribution in [0.15, 0.2) is 24.3 Å². The zero-order chi connectivity index (χ0) is 16.2. The van der Waals surface area contributed by atoms with Gasteiger partial charge in [-0.2, -0.15) is 0 Å². The molecular weight excluding hydrogens is 383 g/mol. The van der Waals surface area contributed by atoms with Gasteiger partial charge >= 0.3 is 0 Å². The number of nitrogens with zero attached hydrogens (tertiary/aromatic N) is 2. The molecule has 0 aliphatic carbocycles. The Morgan fingerprint density at radius 1 is 1.04 bits per heavy atom. The average Bonchev–Trinajstić information content (AvgIpc) is 2.49. The minimum absolute atomic E-state index is 0. The van der Waals surface area contributed by atoms with Crippen molar-refractivity contribution in [1.29, 1.82) is 0 Å². The number of benzene rings is 1. The highest BCUT2D eigenvalue weighted by atomic mass is 35.5. The number of rotatable bonds is 5. The first-order valence-electron chi connectivity index (χ1n) is 8.02. The van der Waals surface area contributed by atoms with Crippen LogP contribution in [0.3, 0.4) is 0 Å². The van der Waals surface area contributed by atoms with E-state index in [-0.39, 0.29) is 43.1 Å². The maximum absolute atomic E-state index is 11.8. The molecule has 1 aromatic carbocycles. The number of anilines is 1. The van der Waals surface area contributed by atoms with Gasteiger partial charge in [0, 0.05) is 38.4 Å². The Labute approximate surface area is 169 Å². The summed E-state index contributed by atoms with van der Waals surface area (Å²) in [7, 11) is 0. The van der Waals surface area contributed by atoms with Crippen molar-refractivity contribution in [2.24, 2.45) is 5.73 Å². The molecule has 25 heavy (non-hydrogen) atoms. The van der Waals surface area contributed by atoms with Gasteiger partial charge in [-0.3, -0.25) is 9.69 Å². The van der Waals surface area contributed by atoms with Crippen LogP contribution in [0.5, 0.6) is 0 Å². The summed E-state index contributed by atoms with van der Waals surface area (Å²) >= 11 is 0. The Kier molecular flexibility index (Phi) is 12.7. The monoisotopic (exact) mass is 412 g/mol. The third kappa shape index (κ3) is 8.58. The second-order valence-corrected chi connectivity index (χ2v) is 6.58. The van der Waals surface area contributed by atoms with E-state index in [1.807, 2.05) is 12.1 Å². The van der Waals surface area contributed by atoms with Crippen LogP contribution < -0.4 is 11.1 Å². The molecule has 0 spiro atoms. The van der Waals surface area contributed by atoms with Crippen molar-refractivity contribution >= 4 is 48.8 Å².